The van der Waals surface area contributed by atoms with E-state index in [1.807, 2.05) is 49.7 Å². The largest absolute Gasteiger partial charge is 0.493 e. The van der Waals surface area contributed by atoms with Crippen LogP contribution in [0.25, 0.3) is 11.6 Å². The van der Waals surface area contributed by atoms with Crippen LogP contribution in [0.15, 0.2) is 56.9 Å². The lowest BCUT2D eigenvalue weighted by Crippen LogP contribution is -2.36. The zero-order chi connectivity index (χ0) is 21.4. The van der Waals surface area contributed by atoms with E-state index in [1.165, 1.54) is 17.0 Å². The number of hydrogen-bond acceptors (Lipinski definition) is 6. The van der Waals surface area contributed by atoms with Gasteiger partial charge < -0.3 is 14.7 Å². The van der Waals surface area contributed by atoms with Crippen LogP contribution >= 0.6 is 27.3 Å². The third-order valence-corrected chi connectivity index (χ3v) is 6.94. The molecule has 0 aliphatic carbocycles. The number of halogens is 1. The number of aliphatic imine (C=N–C) groups is 1. The van der Waals surface area contributed by atoms with Crippen LogP contribution in [0.1, 0.15) is 10.4 Å². The van der Waals surface area contributed by atoms with Crippen LogP contribution in [0.2, 0.25) is 0 Å². The van der Waals surface area contributed by atoms with Crippen LogP contribution in [0.3, 0.4) is 0 Å². The zero-order valence-electron chi connectivity index (χ0n) is 17.0. The molecule has 2 aliphatic heterocycles. The average molecular weight is 497 g/mol. The molecule has 0 atom stereocenters. The predicted molar refractivity (Wildman–Crippen MR) is 130 cm³/mol. The van der Waals surface area contributed by atoms with Gasteiger partial charge in [-0.3, -0.25) is 9.56 Å². The Balaban J connectivity index is 1.45. The van der Waals surface area contributed by atoms with Gasteiger partial charge >= 0.3 is 0 Å². The molecule has 2 aliphatic rings. The van der Waals surface area contributed by atoms with Gasteiger partial charge in [0.15, 0.2) is 4.80 Å². The molecular weight excluding hydrogens is 476 g/mol. The van der Waals surface area contributed by atoms with Crippen molar-refractivity contribution in [1.29, 1.82) is 0 Å². The SMILES string of the molecule is Cn1c(O)c(C=C2C=Nc3ccc(Br)cc32)sc1=Nc1ccc(N2CCOCC2)cc1. The Labute approximate surface area is 192 Å². The fourth-order valence-corrected chi connectivity index (χ4v) is 4.99. The van der Waals surface area contributed by atoms with Crippen molar-refractivity contribution >= 4 is 62.2 Å². The topological polar surface area (TPSA) is 62.3 Å². The highest BCUT2D eigenvalue weighted by Crippen LogP contribution is 2.36. The predicted octanol–water partition coefficient (Wildman–Crippen LogP) is 4.88. The van der Waals surface area contributed by atoms with Crippen LogP contribution in [-0.2, 0) is 11.8 Å². The Morgan fingerprint density at radius 3 is 2.71 bits per heavy atom. The van der Waals surface area contributed by atoms with Gasteiger partial charge in [-0.1, -0.05) is 27.3 Å². The van der Waals surface area contributed by atoms with Gasteiger partial charge in [-0.25, -0.2) is 4.99 Å². The van der Waals surface area contributed by atoms with Crippen molar-refractivity contribution in [3.63, 3.8) is 0 Å². The molecule has 3 heterocycles. The molecule has 0 spiro atoms. The maximum atomic E-state index is 10.7. The maximum absolute atomic E-state index is 10.7. The maximum Gasteiger partial charge on any atom is 0.210 e. The van der Waals surface area contributed by atoms with Crippen molar-refractivity contribution in [1.82, 2.24) is 4.57 Å². The van der Waals surface area contributed by atoms with E-state index >= 15 is 0 Å². The Kier molecular flexibility index (Phi) is 5.52. The monoisotopic (exact) mass is 496 g/mol. The summed E-state index contributed by atoms with van der Waals surface area (Å²) >= 11 is 4.97. The van der Waals surface area contributed by atoms with Gasteiger partial charge in [0, 0.05) is 47.6 Å². The lowest BCUT2D eigenvalue weighted by atomic mass is 10.1. The molecule has 5 rings (SSSR count). The number of fused-ring (bicyclic) bond motifs is 1. The Morgan fingerprint density at radius 1 is 1.16 bits per heavy atom. The van der Waals surface area contributed by atoms with Gasteiger partial charge in [0.05, 0.1) is 29.5 Å². The smallest absolute Gasteiger partial charge is 0.210 e. The molecule has 3 aromatic rings. The minimum Gasteiger partial charge on any atom is -0.493 e. The van der Waals surface area contributed by atoms with Gasteiger partial charge in [0.2, 0.25) is 5.88 Å². The lowest BCUT2D eigenvalue weighted by Gasteiger charge is -2.28. The first kappa shape index (κ1) is 20.2. The van der Waals surface area contributed by atoms with Gasteiger partial charge in [-0.05, 0) is 48.5 Å². The minimum atomic E-state index is 0.193. The molecule has 0 radical (unpaired) electrons. The second-order valence-electron chi connectivity index (χ2n) is 7.38. The van der Waals surface area contributed by atoms with E-state index in [2.05, 4.69) is 38.0 Å². The number of nitrogens with zero attached hydrogens (tertiary/aromatic N) is 4. The molecule has 0 amide bonds. The quantitative estimate of drug-likeness (QED) is 0.561. The summed E-state index contributed by atoms with van der Waals surface area (Å²) in [5.74, 6) is 0.193. The highest BCUT2D eigenvalue weighted by Gasteiger charge is 2.16. The number of hydrogen-bond donors (Lipinski definition) is 1. The first-order valence-corrected chi connectivity index (χ1v) is 11.6. The molecule has 1 fully saturated rings. The summed E-state index contributed by atoms with van der Waals surface area (Å²) in [5.41, 5.74) is 4.97. The van der Waals surface area contributed by atoms with Gasteiger partial charge in [0.25, 0.3) is 0 Å². The summed E-state index contributed by atoms with van der Waals surface area (Å²) in [4.78, 5) is 13.0. The number of anilines is 1. The Bertz CT molecular complexity index is 1250. The number of thiazole rings is 1. The first-order valence-electron chi connectivity index (χ1n) is 10.0. The van der Waals surface area contributed by atoms with Crippen molar-refractivity contribution in [2.45, 2.75) is 0 Å². The molecule has 0 bridgehead atoms. The van der Waals surface area contributed by atoms with Crippen molar-refractivity contribution in [2.75, 3.05) is 31.2 Å². The summed E-state index contributed by atoms with van der Waals surface area (Å²) in [7, 11) is 1.82. The van der Waals surface area contributed by atoms with Gasteiger partial charge in [-0.15, -0.1) is 0 Å². The van der Waals surface area contributed by atoms with E-state index in [1.54, 1.807) is 4.57 Å². The molecule has 158 valence electrons. The third kappa shape index (κ3) is 4.11. The Morgan fingerprint density at radius 2 is 1.94 bits per heavy atom. The van der Waals surface area contributed by atoms with Gasteiger partial charge in [-0.2, -0.15) is 0 Å². The fraction of sp³-hybridized carbons (Fsp3) is 0.217. The van der Waals surface area contributed by atoms with E-state index in [0.29, 0.717) is 0 Å². The number of morpholine rings is 1. The van der Waals surface area contributed by atoms with Crippen LogP contribution in [0.5, 0.6) is 5.88 Å². The number of aromatic nitrogens is 1. The summed E-state index contributed by atoms with van der Waals surface area (Å²) in [6, 6.07) is 14.2. The number of allylic oxidation sites excluding steroid dienone is 1. The number of aromatic hydroxyl groups is 1. The van der Waals surface area contributed by atoms with E-state index in [9.17, 15) is 5.11 Å². The average Bonchev–Trinajstić information content (AvgIpc) is 3.31. The number of ether oxygens (including phenoxy) is 1. The fourth-order valence-electron chi connectivity index (χ4n) is 3.65. The molecule has 0 unspecified atom stereocenters. The molecule has 6 nitrogen and oxygen atoms in total. The van der Waals surface area contributed by atoms with E-state index < -0.39 is 0 Å². The van der Waals surface area contributed by atoms with E-state index in [4.69, 9.17) is 9.73 Å². The number of rotatable bonds is 3. The van der Waals surface area contributed by atoms with Crippen LogP contribution in [0, 0.1) is 0 Å². The standard InChI is InChI=1S/C23H21BrN4O2S/c1-27-22(29)21(12-15-14-25-20-7-2-16(24)13-19(15)20)31-23(27)26-17-3-5-18(6-4-17)28-8-10-30-11-9-28/h2-7,12-14,29H,8-11H2,1H3. The van der Waals surface area contributed by atoms with Crippen LogP contribution in [-0.4, -0.2) is 42.2 Å². The molecule has 2 aromatic carbocycles. The summed E-state index contributed by atoms with van der Waals surface area (Å²) in [6.07, 6.45) is 3.79. The summed E-state index contributed by atoms with van der Waals surface area (Å²) < 4.78 is 8.13. The third-order valence-electron chi connectivity index (χ3n) is 5.38. The Hall–Kier alpha value is -2.68. The molecular formula is C23H21BrN4O2S. The summed E-state index contributed by atoms with van der Waals surface area (Å²) in [5, 5.41) is 10.7. The van der Waals surface area contributed by atoms with Crippen LogP contribution < -0.4 is 9.70 Å². The molecule has 1 aromatic heterocycles. The normalized spacial score (nSPS) is 17.5. The van der Waals surface area contributed by atoms with Crippen LogP contribution in [0.4, 0.5) is 17.1 Å². The van der Waals surface area contributed by atoms with Crippen molar-refractivity contribution in [3.8, 4) is 5.88 Å². The molecule has 1 N–H and O–H groups in total. The van der Waals surface area contributed by atoms with Crippen molar-refractivity contribution < 1.29 is 9.84 Å². The van der Waals surface area contributed by atoms with Crippen molar-refractivity contribution in [3.05, 3.63) is 62.2 Å². The highest BCUT2D eigenvalue weighted by atomic mass is 79.9. The highest BCUT2D eigenvalue weighted by molar-refractivity contribution is 9.10. The van der Waals surface area contributed by atoms with E-state index in [0.717, 1.165) is 63.0 Å². The first-order chi connectivity index (χ1) is 15.1. The van der Waals surface area contributed by atoms with Gasteiger partial charge in [0.1, 0.15) is 0 Å². The molecule has 0 saturated carbocycles. The summed E-state index contributed by atoms with van der Waals surface area (Å²) in [6.45, 7) is 3.35. The molecule has 8 heteroatoms. The minimum absolute atomic E-state index is 0.193. The second-order valence-corrected chi connectivity index (χ2v) is 9.30. The second kappa shape index (κ2) is 8.45. The molecule has 1 saturated heterocycles. The molecule has 31 heavy (non-hydrogen) atoms. The zero-order valence-corrected chi connectivity index (χ0v) is 19.4. The van der Waals surface area contributed by atoms with E-state index in [-0.39, 0.29) is 5.88 Å². The lowest BCUT2D eigenvalue weighted by molar-refractivity contribution is 0.122. The number of benzene rings is 2. The van der Waals surface area contributed by atoms with Crippen molar-refractivity contribution in [2.24, 2.45) is 17.0 Å².